The van der Waals surface area contributed by atoms with Gasteiger partial charge in [0.2, 0.25) is 0 Å². The molecule has 1 aromatic rings. The topological polar surface area (TPSA) is 25.2 Å². The third kappa shape index (κ3) is 2.01. The first-order chi connectivity index (χ1) is 6.77. The lowest BCUT2D eigenvalue weighted by Gasteiger charge is -2.35. The van der Waals surface area contributed by atoms with E-state index in [1.165, 1.54) is 18.6 Å². The van der Waals surface area contributed by atoms with Crippen LogP contribution in [0.3, 0.4) is 0 Å². The normalized spacial score (nSPS) is 26.5. The van der Waals surface area contributed by atoms with Crippen molar-refractivity contribution >= 4 is 0 Å². The molecule has 0 aromatic carbocycles. The molecule has 78 valence electrons. The second-order valence-electron chi connectivity index (χ2n) is 4.52. The summed E-state index contributed by atoms with van der Waals surface area (Å²) in [6, 6.07) is 4.68. The maximum Gasteiger partial charge on any atom is 0.107 e. The number of rotatable bonds is 4. The van der Waals surface area contributed by atoms with Crippen LogP contribution in [-0.2, 0) is 0 Å². The summed E-state index contributed by atoms with van der Waals surface area (Å²) in [7, 11) is 0. The van der Waals surface area contributed by atoms with Gasteiger partial charge < -0.3 is 9.73 Å². The zero-order valence-corrected chi connectivity index (χ0v) is 8.99. The molecule has 2 nitrogen and oxygen atoms in total. The van der Waals surface area contributed by atoms with Crippen molar-refractivity contribution in [3.05, 3.63) is 24.2 Å². The number of nitrogens with one attached hydrogen (secondary N) is 1. The Morgan fingerprint density at radius 3 is 2.86 bits per heavy atom. The predicted molar refractivity (Wildman–Crippen MR) is 57.3 cm³/mol. The van der Waals surface area contributed by atoms with Gasteiger partial charge in [-0.1, -0.05) is 13.8 Å². The molecule has 1 aliphatic carbocycles. The fraction of sp³-hybridized carbons (Fsp3) is 0.667. The molecule has 0 bridgehead atoms. The summed E-state index contributed by atoms with van der Waals surface area (Å²) < 4.78 is 5.45. The molecule has 14 heavy (non-hydrogen) atoms. The summed E-state index contributed by atoms with van der Waals surface area (Å²) in [4.78, 5) is 0. The first-order valence-corrected chi connectivity index (χ1v) is 5.54. The molecule has 2 atom stereocenters. The highest BCUT2D eigenvalue weighted by Crippen LogP contribution is 2.42. The lowest BCUT2D eigenvalue weighted by atomic mass is 9.72. The van der Waals surface area contributed by atoms with Gasteiger partial charge in [0.1, 0.15) is 5.76 Å². The second-order valence-corrected chi connectivity index (χ2v) is 4.52. The molecule has 0 radical (unpaired) electrons. The average Bonchev–Trinajstić information content (AvgIpc) is 2.54. The van der Waals surface area contributed by atoms with E-state index in [9.17, 15) is 0 Å². The van der Waals surface area contributed by atoms with Crippen LogP contribution >= 0.6 is 0 Å². The molecule has 1 aliphatic rings. The Balaban J connectivity index is 1.84. The van der Waals surface area contributed by atoms with Crippen LogP contribution in [0.5, 0.6) is 0 Å². The van der Waals surface area contributed by atoms with E-state index in [-0.39, 0.29) is 0 Å². The standard InChI is InChI=1S/C12H19NO/c1-9(2)13-8-10-5-6-11(10)12-4-3-7-14-12/h3-4,7,9-11,13H,5-6,8H2,1-2H3. The largest absolute Gasteiger partial charge is 0.469 e. The zero-order chi connectivity index (χ0) is 9.97. The Labute approximate surface area is 85.7 Å². The molecule has 2 rings (SSSR count). The Morgan fingerprint density at radius 2 is 2.36 bits per heavy atom. The van der Waals surface area contributed by atoms with Crippen molar-refractivity contribution in [1.82, 2.24) is 5.32 Å². The van der Waals surface area contributed by atoms with Gasteiger partial charge in [0.15, 0.2) is 0 Å². The van der Waals surface area contributed by atoms with Crippen LogP contribution in [0.1, 0.15) is 38.4 Å². The SMILES string of the molecule is CC(C)NCC1CCC1c1ccco1. The number of furan rings is 1. The van der Waals surface area contributed by atoms with Crippen LogP contribution in [0, 0.1) is 5.92 Å². The fourth-order valence-corrected chi connectivity index (χ4v) is 2.08. The fourth-order valence-electron chi connectivity index (χ4n) is 2.08. The summed E-state index contributed by atoms with van der Waals surface area (Å²) in [6.45, 7) is 5.52. The maximum absolute atomic E-state index is 5.45. The van der Waals surface area contributed by atoms with Gasteiger partial charge in [0.05, 0.1) is 6.26 Å². The highest BCUT2D eigenvalue weighted by Gasteiger charge is 2.33. The molecule has 0 spiro atoms. The highest BCUT2D eigenvalue weighted by atomic mass is 16.3. The Hall–Kier alpha value is -0.760. The van der Waals surface area contributed by atoms with Crippen molar-refractivity contribution in [3.8, 4) is 0 Å². The van der Waals surface area contributed by atoms with Gasteiger partial charge in [-0.05, 0) is 37.4 Å². The quantitative estimate of drug-likeness (QED) is 0.795. The van der Waals surface area contributed by atoms with E-state index in [1.807, 2.05) is 6.07 Å². The molecule has 1 fully saturated rings. The van der Waals surface area contributed by atoms with Crippen molar-refractivity contribution in [3.63, 3.8) is 0 Å². The van der Waals surface area contributed by atoms with Crippen LogP contribution < -0.4 is 5.32 Å². The summed E-state index contributed by atoms with van der Waals surface area (Å²) in [5, 5.41) is 3.50. The Kier molecular flexibility index (Phi) is 2.92. The van der Waals surface area contributed by atoms with Crippen LogP contribution in [0.25, 0.3) is 0 Å². The van der Waals surface area contributed by atoms with E-state index >= 15 is 0 Å². The lowest BCUT2D eigenvalue weighted by molar-refractivity contribution is 0.212. The third-order valence-electron chi connectivity index (χ3n) is 3.11. The molecule has 1 N–H and O–H groups in total. The highest BCUT2D eigenvalue weighted by molar-refractivity contribution is 5.11. The van der Waals surface area contributed by atoms with E-state index in [1.54, 1.807) is 6.26 Å². The monoisotopic (exact) mass is 193 g/mol. The molecular weight excluding hydrogens is 174 g/mol. The van der Waals surface area contributed by atoms with E-state index in [4.69, 9.17) is 4.42 Å². The predicted octanol–water partition coefficient (Wildman–Crippen LogP) is 2.77. The molecule has 1 saturated carbocycles. The first kappa shape index (κ1) is 9.78. The van der Waals surface area contributed by atoms with Gasteiger partial charge in [0, 0.05) is 12.0 Å². The van der Waals surface area contributed by atoms with Crippen molar-refractivity contribution < 1.29 is 4.42 Å². The van der Waals surface area contributed by atoms with E-state index in [0.29, 0.717) is 12.0 Å². The van der Waals surface area contributed by atoms with E-state index < -0.39 is 0 Å². The molecule has 1 heterocycles. The molecule has 0 amide bonds. The summed E-state index contributed by atoms with van der Waals surface area (Å²) in [5.74, 6) is 2.62. The van der Waals surface area contributed by atoms with Gasteiger partial charge in [-0.15, -0.1) is 0 Å². The van der Waals surface area contributed by atoms with Gasteiger partial charge >= 0.3 is 0 Å². The van der Waals surface area contributed by atoms with Crippen molar-refractivity contribution in [1.29, 1.82) is 0 Å². The first-order valence-electron chi connectivity index (χ1n) is 5.54. The van der Waals surface area contributed by atoms with Gasteiger partial charge in [-0.2, -0.15) is 0 Å². The Bertz CT molecular complexity index is 266. The summed E-state index contributed by atoms with van der Waals surface area (Å²) >= 11 is 0. The van der Waals surface area contributed by atoms with E-state index in [2.05, 4.69) is 25.2 Å². The minimum absolute atomic E-state index is 0.591. The van der Waals surface area contributed by atoms with Crippen molar-refractivity contribution in [2.75, 3.05) is 6.54 Å². The van der Waals surface area contributed by atoms with Gasteiger partial charge in [-0.3, -0.25) is 0 Å². The average molecular weight is 193 g/mol. The summed E-state index contributed by atoms with van der Waals surface area (Å²) in [6.07, 6.45) is 4.41. The number of hydrogen-bond acceptors (Lipinski definition) is 2. The molecule has 2 heteroatoms. The van der Waals surface area contributed by atoms with Crippen LogP contribution in [0.4, 0.5) is 0 Å². The van der Waals surface area contributed by atoms with Crippen molar-refractivity contribution in [2.24, 2.45) is 5.92 Å². The molecule has 0 aliphatic heterocycles. The van der Waals surface area contributed by atoms with Crippen LogP contribution in [-0.4, -0.2) is 12.6 Å². The van der Waals surface area contributed by atoms with Crippen LogP contribution in [0.2, 0.25) is 0 Å². The molecule has 0 saturated heterocycles. The molecule has 2 unspecified atom stereocenters. The Morgan fingerprint density at radius 1 is 1.50 bits per heavy atom. The van der Waals surface area contributed by atoms with E-state index in [0.717, 1.165) is 12.5 Å². The summed E-state index contributed by atoms with van der Waals surface area (Å²) in [5.41, 5.74) is 0. The minimum Gasteiger partial charge on any atom is -0.469 e. The third-order valence-corrected chi connectivity index (χ3v) is 3.11. The second kappa shape index (κ2) is 4.18. The maximum atomic E-state index is 5.45. The minimum atomic E-state index is 0.591. The van der Waals surface area contributed by atoms with Gasteiger partial charge in [-0.25, -0.2) is 0 Å². The smallest absolute Gasteiger partial charge is 0.107 e. The molecule has 1 aromatic heterocycles. The zero-order valence-electron chi connectivity index (χ0n) is 8.99. The van der Waals surface area contributed by atoms with Crippen molar-refractivity contribution in [2.45, 2.75) is 38.6 Å². The van der Waals surface area contributed by atoms with Gasteiger partial charge in [0.25, 0.3) is 0 Å². The van der Waals surface area contributed by atoms with Crippen LogP contribution in [0.15, 0.2) is 22.8 Å². The lowest BCUT2D eigenvalue weighted by Crippen LogP contribution is -2.36. The number of hydrogen-bond donors (Lipinski definition) is 1. The molecular formula is C12H19NO.